The molecular formula is C10H12N5O7P. The second-order valence-electron chi connectivity index (χ2n) is 5.26. The molecule has 12 nitrogen and oxygen atoms in total. The Bertz CT molecular complexity index is 836. The molecule has 0 saturated carbocycles. The first-order chi connectivity index (χ1) is 10.8. The lowest BCUT2D eigenvalue weighted by Crippen LogP contribution is -2.35. The molecule has 23 heavy (non-hydrogen) atoms. The Morgan fingerprint density at radius 2 is 2.04 bits per heavy atom. The topological polar surface area (TPSA) is 186 Å². The minimum Gasteiger partial charge on any atom is -0.387 e. The summed E-state index contributed by atoms with van der Waals surface area (Å²) in [6.45, 7) is 0. The van der Waals surface area contributed by atoms with Crippen molar-refractivity contribution < 1.29 is 33.8 Å². The van der Waals surface area contributed by atoms with Gasteiger partial charge in [-0.3, -0.25) is 9.09 Å². The number of phosphoric ester groups is 1. The number of anilines is 1. The molecule has 4 rings (SSSR count). The van der Waals surface area contributed by atoms with E-state index in [1.54, 1.807) is 0 Å². The van der Waals surface area contributed by atoms with Crippen LogP contribution in [0.1, 0.15) is 18.2 Å². The zero-order valence-corrected chi connectivity index (χ0v) is 12.2. The average Bonchev–Trinajstić information content (AvgIpc) is 2.96. The van der Waals surface area contributed by atoms with Crippen LogP contribution in [0, 0.1) is 0 Å². The van der Waals surface area contributed by atoms with Gasteiger partial charge in [-0.2, -0.15) is 0 Å². The number of hydrogen-bond donors (Lipinski definition) is 5. The fourth-order valence-corrected chi connectivity index (χ4v) is 3.46. The minimum atomic E-state index is -4.92. The molecule has 2 unspecified atom stereocenters. The van der Waals surface area contributed by atoms with Gasteiger partial charge in [0.2, 0.25) is 0 Å². The van der Waals surface area contributed by atoms with E-state index in [1.807, 2.05) is 0 Å². The molecule has 0 aliphatic carbocycles. The lowest BCUT2D eigenvalue weighted by molar-refractivity contribution is -0.111. The van der Waals surface area contributed by atoms with E-state index in [4.69, 9.17) is 24.8 Å². The van der Waals surface area contributed by atoms with Gasteiger partial charge in [0.1, 0.15) is 30.5 Å². The van der Waals surface area contributed by atoms with Crippen LogP contribution in [0.15, 0.2) is 6.33 Å². The van der Waals surface area contributed by atoms with E-state index >= 15 is 0 Å². The molecule has 13 heteroatoms. The second-order valence-corrected chi connectivity index (χ2v) is 6.45. The van der Waals surface area contributed by atoms with Gasteiger partial charge in [0.25, 0.3) is 0 Å². The number of imidazole rings is 1. The van der Waals surface area contributed by atoms with Crippen molar-refractivity contribution in [2.24, 2.45) is 0 Å². The number of hydrogen-bond acceptors (Lipinski definition) is 9. The molecule has 2 aliphatic heterocycles. The van der Waals surface area contributed by atoms with Crippen LogP contribution in [-0.4, -0.2) is 57.8 Å². The highest BCUT2D eigenvalue weighted by atomic mass is 31.2. The van der Waals surface area contributed by atoms with E-state index in [0.29, 0.717) is 0 Å². The molecule has 5 atom stereocenters. The number of rotatable bonds is 2. The fourth-order valence-electron chi connectivity index (χ4n) is 2.95. The molecule has 6 N–H and O–H groups in total. The summed E-state index contributed by atoms with van der Waals surface area (Å²) in [7, 11) is -4.92. The molecule has 0 aromatic carbocycles. The third-order valence-electron chi connectivity index (χ3n) is 3.87. The van der Waals surface area contributed by atoms with Crippen LogP contribution in [0.2, 0.25) is 0 Å². The van der Waals surface area contributed by atoms with Crippen LogP contribution < -0.4 is 5.73 Å². The first kappa shape index (κ1) is 14.9. The Morgan fingerprint density at radius 1 is 1.30 bits per heavy atom. The van der Waals surface area contributed by atoms with Gasteiger partial charge in [0, 0.05) is 0 Å². The van der Waals surface area contributed by atoms with Gasteiger partial charge in [0.15, 0.2) is 29.3 Å². The number of nitrogens with two attached hydrogens (primary N) is 1. The third kappa shape index (κ3) is 2.08. The van der Waals surface area contributed by atoms with Crippen LogP contribution in [0.3, 0.4) is 0 Å². The van der Waals surface area contributed by atoms with Gasteiger partial charge in [-0.1, -0.05) is 0 Å². The average molecular weight is 345 g/mol. The van der Waals surface area contributed by atoms with E-state index in [2.05, 4.69) is 15.0 Å². The fraction of sp³-hybridized carbons (Fsp3) is 0.500. The highest BCUT2D eigenvalue weighted by Crippen LogP contribution is 2.51. The summed E-state index contributed by atoms with van der Waals surface area (Å²) in [4.78, 5) is 30.2. The summed E-state index contributed by atoms with van der Waals surface area (Å²) in [6, 6.07) is 0. The van der Waals surface area contributed by atoms with Crippen molar-refractivity contribution in [2.45, 2.75) is 30.6 Å². The number of nitrogens with zero attached hydrogens (tertiary/aromatic N) is 4. The number of aliphatic hydroxyl groups excluding tert-OH is 2. The summed E-state index contributed by atoms with van der Waals surface area (Å²) in [6.07, 6.45) is -5.21. The van der Waals surface area contributed by atoms with Gasteiger partial charge in [-0.05, 0) is 0 Å². The monoisotopic (exact) mass is 345 g/mol. The standard InChI is InChI=1S/C10H12N5O7P/c11-7-2-8(13-1-12-7)15-9(14-2)6(22-23(18,19)20)5-3(16)4(17)10(15)21-5/h1,3-6,10,16-17H,(H2,11,12,13)(H2,18,19,20)/t3-,4?,5-,6?,10+/m0/s1. The van der Waals surface area contributed by atoms with Gasteiger partial charge in [-0.25, -0.2) is 19.5 Å². The van der Waals surface area contributed by atoms with Crippen molar-refractivity contribution >= 4 is 24.8 Å². The summed E-state index contributed by atoms with van der Waals surface area (Å²) < 4.78 is 22.7. The molecule has 4 heterocycles. The van der Waals surface area contributed by atoms with Crippen LogP contribution in [0.4, 0.5) is 5.82 Å². The molecule has 0 radical (unpaired) electrons. The number of fused-ring (bicyclic) bond motifs is 6. The van der Waals surface area contributed by atoms with E-state index in [0.717, 1.165) is 0 Å². The van der Waals surface area contributed by atoms with E-state index in [1.165, 1.54) is 10.9 Å². The second kappa shape index (κ2) is 4.68. The SMILES string of the molecule is Nc1ncnc2c1nc1n2[C@@H]2O[C@H](C1OP(=O)(O)O)[C@@H](O)C2O. The number of aliphatic hydroxyl groups is 2. The van der Waals surface area contributed by atoms with Gasteiger partial charge < -0.3 is 30.5 Å². The summed E-state index contributed by atoms with van der Waals surface area (Å²) >= 11 is 0. The number of nitrogen functional groups attached to an aromatic ring is 1. The summed E-state index contributed by atoms with van der Waals surface area (Å²) in [5, 5.41) is 20.2. The van der Waals surface area contributed by atoms with Gasteiger partial charge in [-0.15, -0.1) is 0 Å². The molecule has 0 amide bonds. The largest absolute Gasteiger partial charge is 0.470 e. The smallest absolute Gasteiger partial charge is 0.387 e. The van der Waals surface area contributed by atoms with E-state index in [-0.39, 0.29) is 22.8 Å². The summed E-state index contributed by atoms with van der Waals surface area (Å²) in [5.41, 5.74) is 6.10. The van der Waals surface area contributed by atoms with Crippen molar-refractivity contribution in [1.82, 2.24) is 19.5 Å². The highest BCUT2D eigenvalue weighted by Gasteiger charge is 2.56. The highest BCUT2D eigenvalue weighted by molar-refractivity contribution is 7.46. The molecule has 2 bridgehead atoms. The Hall–Kier alpha value is -1.66. The predicted octanol–water partition coefficient (Wildman–Crippen LogP) is -1.81. The first-order valence-electron chi connectivity index (χ1n) is 6.52. The van der Waals surface area contributed by atoms with Crippen molar-refractivity contribution in [3.8, 4) is 0 Å². The quantitative estimate of drug-likeness (QED) is 0.386. The molecule has 124 valence electrons. The third-order valence-corrected chi connectivity index (χ3v) is 4.37. The van der Waals surface area contributed by atoms with Crippen LogP contribution in [0.25, 0.3) is 11.2 Å². The Morgan fingerprint density at radius 3 is 2.74 bits per heavy atom. The first-order valence-corrected chi connectivity index (χ1v) is 8.05. The van der Waals surface area contributed by atoms with E-state index in [9.17, 15) is 14.8 Å². The van der Waals surface area contributed by atoms with Crippen molar-refractivity contribution in [3.63, 3.8) is 0 Å². The lowest BCUT2D eigenvalue weighted by Gasteiger charge is -2.30. The number of aromatic nitrogens is 4. The normalized spacial score (nSPS) is 33.1. The zero-order chi connectivity index (χ0) is 16.5. The maximum Gasteiger partial charge on any atom is 0.470 e. The van der Waals surface area contributed by atoms with Crippen LogP contribution in [-0.2, 0) is 13.8 Å². The molecule has 2 aromatic rings. The molecular weight excluding hydrogens is 333 g/mol. The van der Waals surface area contributed by atoms with Gasteiger partial charge >= 0.3 is 7.82 Å². The lowest BCUT2D eigenvalue weighted by atomic mass is 10.1. The van der Waals surface area contributed by atoms with Gasteiger partial charge in [0.05, 0.1) is 0 Å². The molecule has 1 saturated heterocycles. The van der Waals surface area contributed by atoms with Crippen molar-refractivity contribution in [3.05, 3.63) is 12.2 Å². The summed E-state index contributed by atoms with van der Waals surface area (Å²) in [5.74, 6) is 0.0881. The Balaban J connectivity index is 1.96. The number of ether oxygens (including phenoxy) is 1. The van der Waals surface area contributed by atoms with E-state index < -0.39 is 38.5 Å². The van der Waals surface area contributed by atoms with Crippen LogP contribution >= 0.6 is 7.82 Å². The van der Waals surface area contributed by atoms with Crippen molar-refractivity contribution in [1.29, 1.82) is 0 Å². The molecule has 1 fully saturated rings. The zero-order valence-electron chi connectivity index (χ0n) is 11.3. The Kier molecular flexibility index (Phi) is 3.03. The minimum absolute atomic E-state index is 0.0346. The van der Waals surface area contributed by atoms with Crippen LogP contribution in [0.5, 0.6) is 0 Å². The number of phosphoric acid groups is 1. The maximum absolute atomic E-state index is 11.2. The molecule has 2 aromatic heterocycles. The molecule has 2 aliphatic rings. The van der Waals surface area contributed by atoms with Crippen molar-refractivity contribution in [2.75, 3.05) is 5.73 Å². The maximum atomic E-state index is 11.2. The molecule has 0 spiro atoms. The predicted molar refractivity (Wildman–Crippen MR) is 71.5 cm³/mol. The Labute approximate surface area is 127 Å².